The summed E-state index contributed by atoms with van der Waals surface area (Å²) in [5.41, 5.74) is 2.43. The summed E-state index contributed by atoms with van der Waals surface area (Å²) >= 11 is 0. The van der Waals surface area contributed by atoms with E-state index >= 15 is 0 Å². The standard InChI is InChI=1S/C25H21F2N3O4/c1-15-4-3-5-19-23(15)28-14-30(24(19)32)13-22(31)29-17-8-11-21(34-25(26)27)20(12-17)16-6-9-18(33-2)10-7-16/h3-12,14,25H,13H2,1-2H3,(H,29,31). The van der Waals surface area contributed by atoms with Crippen molar-refractivity contribution in [3.63, 3.8) is 0 Å². The molecule has 7 nitrogen and oxygen atoms in total. The second kappa shape index (κ2) is 9.70. The van der Waals surface area contributed by atoms with Crippen LogP contribution in [0.2, 0.25) is 0 Å². The number of nitrogens with one attached hydrogen (secondary N) is 1. The molecule has 0 aliphatic heterocycles. The molecule has 34 heavy (non-hydrogen) atoms. The van der Waals surface area contributed by atoms with Gasteiger partial charge in [-0.2, -0.15) is 8.78 Å². The van der Waals surface area contributed by atoms with Crippen molar-refractivity contribution >= 4 is 22.5 Å². The minimum atomic E-state index is -3.01. The summed E-state index contributed by atoms with van der Waals surface area (Å²) in [6.07, 6.45) is 1.33. The zero-order valence-electron chi connectivity index (χ0n) is 18.4. The largest absolute Gasteiger partial charge is 0.497 e. The summed E-state index contributed by atoms with van der Waals surface area (Å²) in [5.74, 6) is 0.0942. The summed E-state index contributed by atoms with van der Waals surface area (Å²) < 4.78 is 36.8. The zero-order valence-corrected chi connectivity index (χ0v) is 18.4. The zero-order chi connectivity index (χ0) is 24.2. The van der Waals surface area contributed by atoms with Crippen LogP contribution in [0, 0.1) is 6.92 Å². The molecule has 174 valence electrons. The van der Waals surface area contributed by atoms with E-state index in [1.807, 2.05) is 13.0 Å². The molecule has 0 unspecified atom stereocenters. The van der Waals surface area contributed by atoms with Crippen molar-refractivity contribution in [2.24, 2.45) is 0 Å². The van der Waals surface area contributed by atoms with E-state index in [1.165, 1.54) is 36.2 Å². The monoisotopic (exact) mass is 465 g/mol. The van der Waals surface area contributed by atoms with Crippen LogP contribution in [0.25, 0.3) is 22.0 Å². The highest BCUT2D eigenvalue weighted by molar-refractivity contribution is 5.92. The van der Waals surface area contributed by atoms with E-state index in [9.17, 15) is 18.4 Å². The van der Waals surface area contributed by atoms with Gasteiger partial charge in [-0.3, -0.25) is 14.2 Å². The number of carbonyl (C=O) groups is 1. The number of hydrogen-bond acceptors (Lipinski definition) is 5. The first-order chi connectivity index (χ1) is 16.4. The van der Waals surface area contributed by atoms with Gasteiger partial charge in [-0.15, -0.1) is 0 Å². The molecule has 1 aromatic heterocycles. The molecule has 0 saturated carbocycles. The number of aromatic nitrogens is 2. The highest BCUT2D eigenvalue weighted by Gasteiger charge is 2.15. The average Bonchev–Trinajstić information content (AvgIpc) is 2.82. The van der Waals surface area contributed by atoms with E-state index in [1.54, 1.807) is 36.4 Å². The molecule has 0 aliphatic carbocycles. The van der Waals surface area contributed by atoms with Crippen LogP contribution in [0.4, 0.5) is 14.5 Å². The van der Waals surface area contributed by atoms with Crippen LogP contribution < -0.4 is 20.3 Å². The van der Waals surface area contributed by atoms with Gasteiger partial charge in [0.15, 0.2) is 0 Å². The number of para-hydroxylation sites is 1. The first kappa shape index (κ1) is 22.9. The number of rotatable bonds is 7. The number of halogens is 2. The second-order valence-electron chi connectivity index (χ2n) is 7.51. The molecule has 1 amide bonds. The highest BCUT2D eigenvalue weighted by atomic mass is 19.3. The van der Waals surface area contributed by atoms with Crippen molar-refractivity contribution in [1.82, 2.24) is 9.55 Å². The maximum atomic E-state index is 12.9. The van der Waals surface area contributed by atoms with Crippen molar-refractivity contribution in [1.29, 1.82) is 0 Å². The molecule has 0 bridgehead atoms. The Morgan fingerprint density at radius 2 is 1.88 bits per heavy atom. The van der Waals surface area contributed by atoms with E-state index < -0.39 is 12.5 Å². The van der Waals surface area contributed by atoms with Crippen molar-refractivity contribution in [3.8, 4) is 22.6 Å². The van der Waals surface area contributed by atoms with Gasteiger partial charge in [0.25, 0.3) is 5.56 Å². The van der Waals surface area contributed by atoms with E-state index in [2.05, 4.69) is 15.0 Å². The molecule has 0 atom stereocenters. The van der Waals surface area contributed by atoms with Gasteiger partial charge in [-0.1, -0.05) is 24.3 Å². The number of anilines is 1. The van der Waals surface area contributed by atoms with Crippen LogP contribution in [0.1, 0.15) is 5.56 Å². The van der Waals surface area contributed by atoms with Gasteiger partial charge in [-0.05, 0) is 54.4 Å². The first-order valence-electron chi connectivity index (χ1n) is 10.3. The molecular formula is C25H21F2N3O4. The number of aryl methyl sites for hydroxylation is 1. The van der Waals surface area contributed by atoms with Crippen LogP contribution in [0.15, 0.2) is 71.8 Å². The van der Waals surface area contributed by atoms with E-state index in [0.717, 1.165) is 5.56 Å². The minimum Gasteiger partial charge on any atom is -0.497 e. The molecule has 9 heteroatoms. The number of amides is 1. The Balaban J connectivity index is 1.59. The quantitative estimate of drug-likeness (QED) is 0.431. The number of hydrogen-bond donors (Lipinski definition) is 1. The molecule has 1 heterocycles. The van der Waals surface area contributed by atoms with Crippen molar-refractivity contribution in [3.05, 3.63) is 82.9 Å². The Labute approximate surface area is 193 Å². The lowest BCUT2D eigenvalue weighted by molar-refractivity contribution is -0.116. The van der Waals surface area contributed by atoms with Gasteiger partial charge in [0.1, 0.15) is 18.0 Å². The highest BCUT2D eigenvalue weighted by Crippen LogP contribution is 2.34. The maximum absolute atomic E-state index is 12.9. The predicted octanol–water partition coefficient (Wildman–Crippen LogP) is 4.62. The third kappa shape index (κ3) is 4.88. The summed E-state index contributed by atoms with van der Waals surface area (Å²) in [4.78, 5) is 29.7. The number of benzene rings is 3. The summed E-state index contributed by atoms with van der Waals surface area (Å²) in [6, 6.07) is 16.4. The SMILES string of the molecule is COc1ccc(-c2cc(NC(=O)Cn3cnc4c(C)cccc4c3=O)ccc2OC(F)F)cc1. The molecule has 1 N–H and O–H groups in total. The molecule has 0 aliphatic rings. The van der Waals surface area contributed by atoms with Crippen LogP contribution in [0.3, 0.4) is 0 Å². The lowest BCUT2D eigenvalue weighted by atomic mass is 10.0. The van der Waals surface area contributed by atoms with Crippen molar-refractivity contribution < 1.29 is 23.0 Å². The Bertz CT molecular complexity index is 1400. The van der Waals surface area contributed by atoms with E-state index in [0.29, 0.717) is 33.5 Å². The Kier molecular flexibility index (Phi) is 6.53. The molecule has 0 radical (unpaired) electrons. The van der Waals surface area contributed by atoms with E-state index in [-0.39, 0.29) is 17.9 Å². The number of fused-ring (bicyclic) bond motifs is 1. The van der Waals surface area contributed by atoms with Gasteiger partial charge < -0.3 is 14.8 Å². The topological polar surface area (TPSA) is 82.5 Å². The Hall–Kier alpha value is -4.27. The fourth-order valence-electron chi connectivity index (χ4n) is 3.61. The molecule has 0 saturated heterocycles. The van der Waals surface area contributed by atoms with Crippen molar-refractivity contribution in [2.75, 3.05) is 12.4 Å². The molecule has 3 aromatic carbocycles. The smallest absolute Gasteiger partial charge is 0.387 e. The van der Waals surface area contributed by atoms with Gasteiger partial charge >= 0.3 is 6.61 Å². The number of ether oxygens (including phenoxy) is 2. The average molecular weight is 465 g/mol. The predicted molar refractivity (Wildman–Crippen MR) is 124 cm³/mol. The molecular weight excluding hydrogens is 444 g/mol. The van der Waals surface area contributed by atoms with Crippen molar-refractivity contribution in [2.45, 2.75) is 20.1 Å². The first-order valence-corrected chi connectivity index (χ1v) is 10.3. The van der Waals surface area contributed by atoms with E-state index in [4.69, 9.17) is 4.74 Å². The number of nitrogens with zero attached hydrogens (tertiary/aromatic N) is 2. The normalized spacial score (nSPS) is 11.0. The van der Waals surface area contributed by atoms with Crippen LogP contribution in [-0.2, 0) is 11.3 Å². The van der Waals surface area contributed by atoms with Crippen LogP contribution >= 0.6 is 0 Å². The van der Waals surface area contributed by atoms with Gasteiger partial charge in [0, 0.05) is 11.3 Å². The summed E-state index contributed by atoms with van der Waals surface area (Å²) in [5, 5.41) is 3.12. The summed E-state index contributed by atoms with van der Waals surface area (Å²) in [7, 11) is 1.52. The third-order valence-corrected chi connectivity index (χ3v) is 5.25. The fourth-order valence-corrected chi connectivity index (χ4v) is 3.61. The minimum absolute atomic E-state index is 0.0384. The Morgan fingerprint density at radius 1 is 1.12 bits per heavy atom. The van der Waals surface area contributed by atoms with Gasteiger partial charge in [-0.25, -0.2) is 4.98 Å². The number of carbonyl (C=O) groups excluding carboxylic acids is 1. The number of methoxy groups -OCH3 is 1. The van der Waals surface area contributed by atoms with Crippen LogP contribution in [0.5, 0.6) is 11.5 Å². The van der Waals surface area contributed by atoms with Gasteiger partial charge in [0.05, 0.1) is 24.3 Å². The Morgan fingerprint density at radius 3 is 2.59 bits per heavy atom. The lowest BCUT2D eigenvalue weighted by Crippen LogP contribution is -2.28. The van der Waals surface area contributed by atoms with Crippen LogP contribution in [-0.4, -0.2) is 29.2 Å². The second-order valence-corrected chi connectivity index (χ2v) is 7.51. The fraction of sp³-hybridized carbons (Fsp3) is 0.160. The lowest BCUT2D eigenvalue weighted by Gasteiger charge is -2.14. The van der Waals surface area contributed by atoms with Gasteiger partial charge in [0.2, 0.25) is 5.91 Å². The molecule has 0 fully saturated rings. The summed E-state index contributed by atoms with van der Waals surface area (Å²) in [6.45, 7) is -1.41. The molecule has 4 aromatic rings. The molecule has 4 rings (SSSR count). The third-order valence-electron chi connectivity index (χ3n) is 5.25. The molecule has 0 spiro atoms. The maximum Gasteiger partial charge on any atom is 0.387 e. The number of alkyl halides is 2.